The van der Waals surface area contributed by atoms with Crippen molar-refractivity contribution >= 4 is 5.82 Å². The van der Waals surface area contributed by atoms with Crippen molar-refractivity contribution in [2.45, 2.75) is 44.9 Å². The lowest BCUT2D eigenvalue weighted by atomic mass is 10.1. The number of anilines is 1. The van der Waals surface area contributed by atoms with E-state index in [-0.39, 0.29) is 0 Å². The van der Waals surface area contributed by atoms with E-state index in [0.717, 1.165) is 44.3 Å². The van der Waals surface area contributed by atoms with Gasteiger partial charge in [0.25, 0.3) is 0 Å². The Morgan fingerprint density at radius 1 is 1.16 bits per heavy atom. The van der Waals surface area contributed by atoms with E-state index in [9.17, 15) is 0 Å². The molecule has 0 unspecified atom stereocenters. The van der Waals surface area contributed by atoms with Gasteiger partial charge in [-0.1, -0.05) is 6.42 Å². The van der Waals surface area contributed by atoms with Gasteiger partial charge >= 0.3 is 0 Å². The fourth-order valence-electron chi connectivity index (χ4n) is 2.63. The molecule has 0 aromatic carbocycles. The normalized spacial score (nSPS) is 18.7. The van der Waals surface area contributed by atoms with E-state index in [2.05, 4.69) is 15.3 Å². The van der Waals surface area contributed by atoms with E-state index in [4.69, 9.17) is 4.74 Å². The molecule has 0 bridgehead atoms. The molecular weight excluding hydrogens is 238 g/mol. The van der Waals surface area contributed by atoms with Crippen molar-refractivity contribution < 1.29 is 4.74 Å². The summed E-state index contributed by atoms with van der Waals surface area (Å²) in [5.74, 6) is 1.87. The average Bonchev–Trinajstić information content (AvgIpc) is 3.24. The van der Waals surface area contributed by atoms with Gasteiger partial charge in [0.15, 0.2) is 0 Å². The largest absolute Gasteiger partial charge is 0.379 e. The van der Waals surface area contributed by atoms with E-state index < -0.39 is 0 Å². The molecule has 1 saturated carbocycles. The smallest absolute Gasteiger partial charge is 0.132 e. The Bertz CT molecular complexity index is 418. The summed E-state index contributed by atoms with van der Waals surface area (Å²) in [4.78, 5) is 8.83. The molecule has 1 aromatic heterocycles. The van der Waals surface area contributed by atoms with Crippen molar-refractivity contribution in [3.63, 3.8) is 0 Å². The fourth-order valence-corrected chi connectivity index (χ4v) is 2.63. The van der Waals surface area contributed by atoms with Gasteiger partial charge in [0.05, 0.1) is 6.61 Å². The van der Waals surface area contributed by atoms with Crippen LogP contribution in [0.2, 0.25) is 0 Å². The highest BCUT2D eigenvalue weighted by atomic mass is 16.5. The van der Waals surface area contributed by atoms with Crippen LogP contribution in [0.3, 0.4) is 0 Å². The van der Waals surface area contributed by atoms with E-state index in [1.807, 2.05) is 0 Å². The molecule has 0 aliphatic heterocycles. The van der Waals surface area contributed by atoms with Crippen LogP contribution in [-0.4, -0.2) is 29.7 Å². The topological polar surface area (TPSA) is 47.0 Å². The first-order valence-electron chi connectivity index (χ1n) is 7.58. The number of aryl methyl sites for hydroxylation is 1. The lowest BCUT2D eigenvalue weighted by molar-refractivity contribution is 0.134. The van der Waals surface area contributed by atoms with Crippen molar-refractivity contribution in [2.24, 2.45) is 5.92 Å². The van der Waals surface area contributed by atoms with Gasteiger partial charge in [0.1, 0.15) is 12.1 Å². The molecule has 104 valence electrons. The molecule has 4 nitrogen and oxygen atoms in total. The van der Waals surface area contributed by atoms with Crippen LogP contribution in [0.1, 0.15) is 43.4 Å². The lowest BCUT2D eigenvalue weighted by Gasteiger charge is -2.12. The van der Waals surface area contributed by atoms with Gasteiger partial charge in [-0.2, -0.15) is 0 Å². The van der Waals surface area contributed by atoms with Gasteiger partial charge in [-0.05, 0) is 44.4 Å². The second-order valence-electron chi connectivity index (χ2n) is 5.65. The molecule has 1 heterocycles. The Labute approximate surface area is 115 Å². The van der Waals surface area contributed by atoms with E-state index in [1.165, 1.54) is 43.4 Å². The molecule has 1 fully saturated rings. The van der Waals surface area contributed by atoms with Crippen LogP contribution >= 0.6 is 0 Å². The van der Waals surface area contributed by atoms with Crippen LogP contribution in [0.25, 0.3) is 0 Å². The monoisotopic (exact) mass is 261 g/mol. The number of nitrogens with zero attached hydrogens (tertiary/aromatic N) is 2. The van der Waals surface area contributed by atoms with Crippen molar-refractivity contribution in [1.82, 2.24) is 9.97 Å². The molecule has 0 atom stereocenters. The Morgan fingerprint density at radius 3 is 2.95 bits per heavy atom. The molecule has 0 saturated heterocycles. The number of aromatic nitrogens is 2. The second-order valence-corrected chi connectivity index (χ2v) is 5.65. The maximum atomic E-state index is 5.64. The number of nitrogens with one attached hydrogen (secondary N) is 1. The number of fused-ring (bicyclic) bond motifs is 1. The zero-order chi connectivity index (χ0) is 12.9. The summed E-state index contributed by atoms with van der Waals surface area (Å²) in [6.07, 6.45) is 10.4. The molecule has 0 radical (unpaired) electrons. The minimum atomic E-state index is 0.773. The van der Waals surface area contributed by atoms with Gasteiger partial charge in [0.2, 0.25) is 0 Å². The highest BCUT2D eigenvalue weighted by molar-refractivity contribution is 5.46. The van der Waals surface area contributed by atoms with Crippen LogP contribution in [0.4, 0.5) is 5.82 Å². The Morgan fingerprint density at radius 2 is 2.05 bits per heavy atom. The Balaban J connectivity index is 1.51. The molecule has 1 aromatic rings. The highest BCUT2D eigenvalue weighted by Crippen LogP contribution is 2.28. The molecular formula is C15H23N3O. The standard InChI is InChI=1S/C15H23N3O/c1-2-4-13-14(5-3-1)17-11-18-15(13)16-8-9-19-10-12-6-7-12/h11-12H,1-10H2,(H,16,17,18). The van der Waals surface area contributed by atoms with Crippen molar-refractivity contribution in [1.29, 1.82) is 0 Å². The highest BCUT2D eigenvalue weighted by Gasteiger charge is 2.21. The van der Waals surface area contributed by atoms with Crippen molar-refractivity contribution in [2.75, 3.05) is 25.1 Å². The first kappa shape index (κ1) is 12.9. The van der Waals surface area contributed by atoms with Crippen LogP contribution in [0.5, 0.6) is 0 Å². The van der Waals surface area contributed by atoms with Crippen LogP contribution in [0.15, 0.2) is 6.33 Å². The summed E-state index contributed by atoms with van der Waals surface area (Å²) in [6, 6.07) is 0. The third kappa shape index (κ3) is 3.66. The zero-order valence-electron chi connectivity index (χ0n) is 11.5. The zero-order valence-corrected chi connectivity index (χ0v) is 11.5. The van der Waals surface area contributed by atoms with E-state index in [1.54, 1.807) is 6.33 Å². The van der Waals surface area contributed by atoms with Crippen LogP contribution in [0, 0.1) is 5.92 Å². The molecule has 3 rings (SSSR count). The second kappa shape index (κ2) is 6.33. The van der Waals surface area contributed by atoms with Crippen LogP contribution < -0.4 is 5.32 Å². The third-order valence-electron chi connectivity index (χ3n) is 3.96. The maximum Gasteiger partial charge on any atom is 0.132 e. The molecule has 0 amide bonds. The quantitative estimate of drug-likeness (QED) is 0.631. The molecule has 1 N–H and O–H groups in total. The predicted octanol–water partition coefficient (Wildman–Crippen LogP) is 2.58. The van der Waals surface area contributed by atoms with Crippen LogP contribution in [-0.2, 0) is 17.6 Å². The summed E-state index contributed by atoms with van der Waals surface area (Å²) in [5.41, 5.74) is 2.58. The van der Waals surface area contributed by atoms with Gasteiger partial charge < -0.3 is 10.1 Å². The molecule has 2 aliphatic rings. The van der Waals surface area contributed by atoms with E-state index >= 15 is 0 Å². The van der Waals surface area contributed by atoms with Gasteiger partial charge in [-0.25, -0.2) is 9.97 Å². The summed E-state index contributed by atoms with van der Waals surface area (Å²) >= 11 is 0. The summed E-state index contributed by atoms with van der Waals surface area (Å²) < 4.78 is 5.64. The van der Waals surface area contributed by atoms with E-state index in [0.29, 0.717) is 0 Å². The van der Waals surface area contributed by atoms with Gasteiger partial charge in [-0.3, -0.25) is 0 Å². The lowest BCUT2D eigenvalue weighted by Crippen LogP contribution is -2.14. The summed E-state index contributed by atoms with van der Waals surface area (Å²) in [7, 11) is 0. The number of ether oxygens (including phenoxy) is 1. The fraction of sp³-hybridized carbons (Fsp3) is 0.733. The van der Waals surface area contributed by atoms with Crippen molar-refractivity contribution in [3.05, 3.63) is 17.6 Å². The predicted molar refractivity (Wildman–Crippen MR) is 75.3 cm³/mol. The average molecular weight is 261 g/mol. The molecule has 4 heteroatoms. The number of hydrogen-bond donors (Lipinski definition) is 1. The molecule has 0 spiro atoms. The summed E-state index contributed by atoms with van der Waals surface area (Å²) in [6.45, 7) is 2.55. The number of hydrogen-bond acceptors (Lipinski definition) is 4. The third-order valence-corrected chi connectivity index (χ3v) is 3.96. The maximum absolute atomic E-state index is 5.64. The minimum absolute atomic E-state index is 0.773. The van der Waals surface area contributed by atoms with Gasteiger partial charge in [-0.15, -0.1) is 0 Å². The molecule has 19 heavy (non-hydrogen) atoms. The van der Waals surface area contributed by atoms with Crippen molar-refractivity contribution in [3.8, 4) is 0 Å². The summed E-state index contributed by atoms with van der Waals surface area (Å²) in [5, 5.41) is 3.42. The SMILES string of the molecule is c1nc2c(c(NCCOCC3CC3)n1)CCCCC2. The van der Waals surface area contributed by atoms with Gasteiger partial charge in [0, 0.05) is 24.4 Å². The molecule has 2 aliphatic carbocycles. The Hall–Kier alpha value is -1.16. The minimum Gasteiger partial charge on any atom is -0.379 e. The first-order chi connectivity index (χ1) is 9.43. The number of rotatable bonds is 6. The Kier molecular flexibility index (Phi) is 4.28. The first-order valence-corrected chi connectivity index (χ1v) is 7.58.